The van der Waals surface area contributed by atoms with Gasteiger partial charge in [-0.1, -0.05) is 25.0 Å². The molecule has 1 saturated carbocycles. The van der Waals surface area contributed by atoms with E-state index in [1.807, 2.05) is 0 Å². The summed E-state index contributed by atoms with van der Waals surface area (Å²) in [7, 11) is 0. The van der Waals surface area contributed by atoms with E-state index in [-0.39, 0.29) is 36.0 Å². The van der Waals surface area contributed by atoms with Crippen LogP contribution in [0, 0.1) is 17.7 Å². The highest BCUT2D eigenvalue weighted by molar-refractivity contribution is 6.22. The van der Waals surface area contributed by atoms with Crippen molar-refractivity contribution in [2.45, 2.75) is 25.7 Å². The van der Waals surface area contributed by atoms with Gasteiger partial charge in [-0.05, 0) is 49.2 Å². The lowest BCUT2D eigenvalue weighted by Crippen LogP contribution is -2.31. The summed E-state index contributed by atoms with van der Waals surface area (Å²) in [6.45, 7) is -0.272. The average molecular weight is 381 g/mol. The molecule has 2 aliphatic rings. The maximum atomic E-state index is 13.0. The molecule has 2 aromatic rings. The molecule has 2 fully saturated rings. The fraction of sp³-hybridized carbons (Fsp3) is 0.318. The van der Waals surface area contributed by atoms with E-state index in [1.165, 1.54) is 29.2 Å². The van der Waals surface area contributed by atoms with Gasteiger partial charge in [-0.15, -0.1) is 0 Å². The Balaban J connectivity index is 1.54. The molecule has 0 spiro atoms. The number of ketones is 1. The maximum absolute atomic E-state index is 13.0. The van der Waals surface area contributed by atoms with Crippen molar-refractivity contribution in [1.82, 2.24) is 0 Å². The van der Waals surface area contributed by atoms with Crippen molar-refractivity contribution < 1.29 is 23.5 Å². The fourth-order valence-electron chi connectivity index (χ4n) is 4.03. The molecule has 1 saturated heterocycles. The number of para-hydroxylation sites is 2. The first-order valence-electron chi connectivity index (χ1n) is 9.44. The predicted octanol–water partition coefficient (Wildman–Crippen LogP) is 3.77. The van der Waals surface area contributed by atoms with Crippen molar-refractivity contribution in [3.05, 3.63) is 59.9 Å². The summed E-state index contributed by atoms with van der Waals surface area (Å²) in [5.41, 5.74) is 0.706. The van der Waals surface area contributed by atoms with Crippen molar-refractivity contribution in [3.8, 4) is 5.75 Å². The maximum Gasteiger partial charge on any atom is 0.237 e. The third-order valence-electron chi connectivity index (χ3n) is 5.47. The first kappa shape index (κ1) is 18.3. The predicted molar refractivity (Wildman–Crippen MR) is 101 cm³/mol. The molecule has 1 aliphatic heterocycles. The van der Waals surface area contributed by atoms with Crippen LogP contribution in [0.4, 0.5) is 10.1 Å². The van der Waals surface area contributed by atoms with Crippen LogP contribution in [0.2, 0.25) is 0 Å². The SMILES string of the molecule is O=C(COc1ccccc1N1C(=O)[C@@H]2CCCC[C@H]2C1=O)c1ccc(F)cc1. The van der Waals surface area contributed by atoms with Crippen molar-refractivity contribution >= 4 is 23.3 Å². The first-order chi connectivity index (χ1) is 13.6. The third-order valence-corrected chi connectivity index (χ3v) is 5.47. The van der Waals surface area contributed by atoms with Crippen LogP contribution in [0.5, 0.6) is 5.75 Å². The number of amides is 2. The van der Waals surface area contributed by atoms with Crippen LogP contribution < -0.4 is 9.64 Å². The summed E-state index contributed by atoms with van der Waals surface area (Å²) >= 11 is 0. The number of halogens is 1. The minimum Gasteiger partial charge on any atom is -0.483 e. The highest BCUT2D eigenvalue weighted by atomic mass is 19.1. The van der Waals surface area contributed by atoms with Gasteiger partial charge in [-0.2, -0.15) is 0 Å². The second-order valence-electron chi connectivity index (χ2n) is 7.20. The minimum absolute atomic E-state index is 0.185. The number of hydrogen-bond donors (Lipinski definition) is 0. The highest BCUT2D eigenvalue weighted by Gasteiger charge is 2.49. The number of nitrogens with zero attached hydrogens (tertiary/aromatic N) is 1. The highest BCUT2D eigenvalue weighted by Crippen LogP contribution is 2.42. The second kappa shape index (κ2) is 7.54. The molecule has 6 heteroatoms. The van der Waals surface area contributed by atoms with Crippen molar-refractivity contribution in [2.24, 2.45) is 11.8 Å². The van der Waals surface area contributed by atoms with E-state index in [9.17, 15) is 18.8 Å². The number of ether oxygens (including phenoxy) is 1. The van der Waals surface area contributed by atoms with Crippen LogP contribution >= 0.6 is 0 Å². The summed E-state index contributed by atoms with van der Waals surface area (Å²) in [6, 6.07) is 12.0. The summed E-state index contributed by atoms with van der Waals surface area (Å²) in [5, 5.41) is 0. The van der Waals surface area contributed by atoms with Gasteiger partial charge in [0, 0.05) is 5.56 Å². The van der Waals surface area contributed by atoms with E-state index in [0.29, 0.717) is 17.0 Å². The molecule has 4 rings (SSSR count). The Morgan fingerprint density at radius 3 is 2.21 bits per heavy atom. The second-order valence-corrected chi connectivity index (χ2v) is 7.20. The number of fused-ring (bicyclic) bond motifs is 1. The monoisotopic (exact) mass is 381 g/mol. The number of rotatable bonds is 5. The zero-order valence-electron chi connectivity index (χ0n) is 15.3. The Morgan fingerprint density at radius 2 is 1.57 bits per heavy atom. The standard InChI is InChI=1S/C22H20FNO4/c23-15-11-9-14(10-12-15)19(25)13-28-20-8-4-3-7-18(20)24-21(26)16-5-1-2-6-17(16)22(24)27/h3-4,7-12,16-17H,1-2,5-6,13H2/t16-,17-/m1/s1. The lowest BCUT2D eigenvalue weighted by molar-refractivity contribution is -0.122. The molecule has 1 heterocycles. The smallest absolute Gasteiger partial charge is 0.237 e. The van der Waals surface area contributed by atoms with Crippen molar-refractivity contribution in [2.75, 3.05) is 11.5 Å². The van der Waals surface area contributed by atoms with Crippen LogP contribution in [0.25, 0.3) is 0 Å². The number of carbonyl (C=O) groups is 3. The van der Waals surface area contributed by atoms with Crippen LogP contribution in [-0.4, -0.2) is 24.2 Å². The van der Waals surface area contributed by atoms with Gasteiger partial charge in [0.1, 0.15) is 11.6 Å². The Bertz CT molecular complexity index is 900. The zero-order valence-corrected chi connectivity index (χ0v) is 15.3. The molecule has 2 aromatic carbocycles. The molecule has 0 N–H and O–H groups in total. The topological polar surface area (TPSA) is 63.7 Å². The van der Waals surface area contributed by atoms with Crippen molar-refractivity contribution in [1.29, 1.82) is 0 Å². The van der Waals surface area contributed by atoms with Gasteiger partial charge in [0.05, 0.1) is 17.5 Å². The molecule has 0 radical (unpaired) electrons. The summed E-state index contributed by atoms with van der Waals surface area (Å²) in [4.78, 5) is 39.2. The third kappa shape index (κ3) is 3.30. The first-order valence-corrected chi connectivity index (χ1v) is 9.44. The lowest BCUT2D eigenvalue weighted by Gasteiger charge is -2.19. The largest absolute Gasteiger partial charge is 0.483 e. The normalized spacial score (nSPS) is 21.5. The van der Waals surface area contributed by atoms with Gasteiger partial charge in [-0.25, -0.2) is 9.29 Å². The van der Waals surface area contributed by atoms with Gasteiger partial charge in [0.15, 0.2) is 12.4 Å². The van der Waals surface area contributed by atoms with E-state index < -0.39 is 5.82 Å². The quantitative estimate of drug-likeness (QED) is 0.584. The van der Waals surface area contributed by atoms with Crippen LogP contribution in [0.3, 0.4) is 0 Å². The number of benzene rings is 2. The molecular weight excluding hydrogens is 361 g/mol. The number of imide groups is 1. The average Bonchev–Trinajstić information content (AvgIpc) is 2.97. The van der Waals surface area contributed by atoms with Gasteiger partial charge in [0.25, 0.3) is 0 Å². The van der Waals surface area contributed by atoms with E-state index in [2.05, 4.69) is 0 Å². The summed E-state index contributed by atoms with van der Waals surface area (Å²) in [6.07, 6.45) is 3.38. The van der Waals surface area contributed by atoms with E-state index >= 15 is 0 Å². The Kier molecular flexibility index (Phi) is 4.94. The molecule has 0 aromatic heterocycles. The molecule has 28 heavy (non-hydrogen) atoms. The molecule has 2 atom stereocenters. The lowest BCUT2D eigenvalue weighted by atomic mass is 9.81. The molecular formula is C22H20FNO4. The minimum atomic E-state index is -0.421. The van der Waals surface area contributed by atoms with E-state index in [0.717, 1.165) is 25.7 Å². The number of anilines is 1. The molecule has 1 aliphatic carbocycles. The van der Waals surface area contributed by atoms with Gasteiger partial charge in [-0.3, -0.25) is 14.4 Å². The molecule has 5 nitrogen and oxygen atoms in total. The van der Waals surface area contributed by atoms with Crippen LogP contribution in [0.15, 0.2) is 48.5 Å². The molecule has 0 bridgehead atoms. The van der Waals surface area contributed by atoms with E-state index in [1.54, 1.807) is 24.3 Å². The van der Waals surface area contributed by atoms with Crippen LogP contribution in [0.1, 0.15) is 36.0 Å². The van der Waals surface area contributed by atoms with E-state index in [4.69, 9.17) is 4.74 Å². The number of Topliss-reactive ketones (excluding diaryl/α,β-unsaturated/α-hetero) is 1. The molecule has 144 valence electrons. The molecule has 2 amide bonds. The summed E-state index contributed by atoms with van der Waals surface area (Å²) in [5.74, 6) is -1.31. The number of hydrogen-bond acceptors (Lipinski definition) is 4. The zero-order chi connectivity index (χ0) is 19.7. The van der Waals surface area contributed by atoms with Gasteiger partial charge in [0.2, 0.25) is 11.8 Å². The fourth-order valence-corrected chi connectivity index (χ4v) is 4.03. The van der Waals surface area contributed by atoms with Gasteiger partial charge < -0.3 is 4.74 Å². The Morgan fingerprint density at radius 1 is 0.964 bits per heavy atom. The molecule has 0 unspecified atom stereocenters. The summed E-state index contributed by atoms with van der Waals surface area (Å²) < 4.78 is 18.7. The van der Waals surface area contributed by atoms with Crippen molar-refractivity contribution in [3.63, 3.8) is 0 Å². The van der Waals surface area contributed by atoms with Gasteiger partial charge >= 0.3 is 0 Å². The Labute approximate surface area is 162 Å². The number of carbonyl (C=O) groups excluding carboxylic acids is 3. The van der Waals surface area contributed by atoms with Crippen LogP contribution in [-0.2, 0) is 9.59 Å². The Hall–Kier alpha value is -3.02.